The molecule has 0 aliphatic carbocycles. The molecule has 0 unspecified atom stereocenters. The van der Waals surface area contributed by atoms with Crippen LogP contribution in [0.3, 0.4) is 0 Å². The molecule has 1 N–H and O–H groups in total. The fraction of sp³-hybridized carbons (Fsp3) is 0.222. The van der Waals surface area contributed by atoms with Crippen molar-refractivity contribution in [3.05, 3.63) is 65.7 Å². The molecule has 120 valence electrons. The number of sulfonamides is 1. The minimum absolute atomic E-state index is 0.113. The van der Waals surface area contributed by atoms with Crippen LogP contribution in [-0.4, -0.2) is 21.6 Å². The zero-order chi connectivity index (χ0) is 16.7. The Bertz CT molecular complexity index is 762. The molecule has 2 aromatic rings. The van der Waals surface area contributed by atoms with Gasteiger partial charge in [0.15, 0.2) is 0 Å². The van der Waals surface area contributed by atoms with E-state index in [1.54, 1.807) is 24.3 Å². The van der Waals surface area contributed by atoms with Crippen molar-refractivity contribution >= 4 is 10.0 Å². The van der Waals surface area contributed by atoms with Crippen LogP contribution in [0, 0.1) is 19.3 Å². The lowest BCUT2D eigenvalue weighted by atomic mass is 10.1. The van der Waals surface area contributed by atoms with E-state index in [0.717, 1.165) is 11.1 Å². The van der Waals surface area contributed by atoms with E-state index in [2.05, 4.69) is 10.6 Å². The van der Waals surface area contributed by atoms with E-state index in [9.17, 15) is 8.42 Å². The maximum atomic E-state index is 12.3. The van der Waals surface area contributed by atoms with Gasteiger partial charge in [0.2, 0.25) is 10.0 Å². The van der Waals surface area contributed by atoms with E-state index < -0.39 is 16.1 Å². The molecular formula is C18H19NO3S. The predicted molar refractivity (Wildman–Crippen MR) is 90.3 cm³/mol. The van der Waals surface area contributed by atoms with Gasteiger partial charge in [0.1, 0.15) is 6.61 Å². The van der Waals surface area contributed by atoms with Crippen LogP contribution in [-0.2, 0) is 14.8 Å². The average molecular weight is 329 g/mol. The van der Waals surface area contributed by atoms with Crippen LogP contribution in [0.15, 0.2) is 59.5 Å². The summed E-state index contributed by atoms with van der Waals surface area (Å²) < 4.78 is 32.8. The van der Waals surface area contributed by atoms with Crippen molar-refractivity contribution in [2.75, 3.05) is 13.2 Å². The standard InChI is InChI=1S/C18H19NO3S/c1-3-13-22-18(16-7-5-4-6-8-16)14-19-23(20,21)17-11-9-15(2)10-12-17/h1,4-12,18-19H,13-14H2,2H3/t18-/m1/s1. The molecule has 0 spiro atoms. The number of nitrogens with one attached hydrogen (secondary N) is 1. The van der Waals surface area contributed by atoms with Gasteiger partial charge in [-0.2, -0.15) is 0 Å². The van der Waals surface area contributed by atoms with Crippen molar-refractivity contribution in [1.29, 1.82) is 0 Å². The maximum Gasteiger partial charge on any atom is 0.240 e. The summed E-state index contributed by atoms with van der Waals surface area (Å²) in [4.78, 5) is 0.229. The molecule has 23 heavy (non-hydrogen) atoms. The smallest absolute Gasteiger partial charge is 0.240 e. The molecule has 2 rings (SSSR count). The van der Waals surface area contributed by atoms with Gasteiger partial charge in [-0.15, -0.1) is 6.42 Å². The second-order valence-electron chi connectivity index (χ2n) is 5.08. The van der Waals surface area contributed by atoms with E-state index in [4.69, 9.17) is 11.2 Å². The van der Waals surface area contributed by atoms with Crippen LogP contribution in [0.1, 0.15) is 17.2 Å². The maximum absolute atomic E-state index is 12.3. The van der Waals surface area contributed by atoms with E-state index in [1.165, 1.54) is 0 Å². The third-order valence-corrected chi connectivity index (χ3v) is 4.77. The van der Waals surface area contributed by atoms with Gasteiger partial charge in [0.25, 0.3) is 0 Å². The molecule has 0 aromatic heterocycles. The van der Waals surface area contributed by atoms with Crippen molar-refractivity contribution < 1.29 is 13.2 Å². The van der Waals surface area contributed by atoms with Crippen molar-refractivity contribution in [2.45, 2.75) is 17.9 Å². The first kappa shape index (κ1) is 17.2. The van der Waals surface area contributed by atoms with E-state index >= 15 is 0 Å². The van der Waals surface area contributed by atoms with Gasteiger partial charge >= 0.3 is 0 Å². The van der Waals surface area contributed by atoms with Crippen molar-refractivity contribution in [1.82, 2.24) is 4.72 Å². The van der Waals surface area contributed by atoms with Crippen molar-refractivity contribution in [2.24, 2.45) is 0 Å². The molecule has 0 bridgehead atoms. The normalized spacial score (nSPS) is 12.5. The molecule has 0 heterocycles. The molecule has 0 amide bonds. The Morgan fingerprint density at radius 1 is 1.13 bits per heavy atom. The van der Waals surface area contributed by atoms with Gasteiger partial charge in [-0.05, 0) is 24.6 Å². The number of terminal acetylenes is 1. The number of hydrogen-bond acceptors (Lipinski definition) is 3. The number of benzene rings is 2. The predicted octanol–water partition coefficient (Wildman–Crippen LogP) is 2.66. The van der Waals surface area contributed by atoms with E-state index in [-0.39, 0.29) is 18.0 Å². The summed E-state index contributed by atoms with van der Waals surface area (Å²) in [6, 6.07) is 16.1. The molecule has 1 atom stereocenters. The lowest BCUT2D eigenvalue weighted by Gasteiger charge is -2.18. The lowest BCUT2D eigenvalue weighted by Crippen LogP contribution is -2.29. The minimum Gasteiger partial charge on any atom is -0.359 e. The largest absolute Gasteiger partial charge is 0.359 e. The van der Waals surface area contributed by atoms with Gasteiger partial charge in [0.05, 0.1) is 11.0 Å². The Morgan fingerprint density at radius 2 is 1.78 bits per heavy atom. The molecular weight excluding hydrogens is 310 g/mol. The summed E-state index contributed by atoms with van der Waals surface area (Å²) in [5, 5.41) is 0. The van der Waals surface area contributed by atoms with Crippen LogP contribution in [0.2, 0.25) is 0 Å². The monoisotopic (exact) mass is 329 g/mol. The first-order valence-electron chi connectivity index (χ1n) is 7.19. The highest BCUT2D eigenvalue weighted by atomic mass is 32.2. The highest BCUT2D eigenvalue weighted by Crippen LogP contribution is 2.17. The molecule has 5 heteroatoms. The van der Waals surface area contributed by atoms with Crippen LogP contribution in [0.25, 0.3) is 0 Å². The topological polar surface area (TPSA) is 55.4 Å². The zero-order valence-electron chi connectivity index (χ0n) is 12.9. The summed E-state index contributed by atoms with van der Waals surface area (Å²) in [6.07, 6.45) is 4.79. The van der Waals surface area contributed by atoms with E-state index in [0.29, 0.717) is 0 Å². The lowest BCUT2D eigenvalue weighted by molar-refractivity contribution is 0.0817. The number of ether oxygens (including phenoxy) is 1. The van der Waals surface area contributed by atoms with E-state index in [1.807, 2.05) is 37.3 Å². The van der Waals surface area contributed by atoms with Crippen molar-refractivity contribution in [3.63, 3.8) is 0 Å². The second kappa shape index (κ2) is 7.93. The van der Waals surface area contributed by atoms with Gasteiger partial charge < -0.3 is 4.74 Å². The summed E-state index contributed by atoms with van der Waals surface area (Å²) in [7, 11) is -3.59. The Morgan fingerprint density at radius 3 is 2.39 bits per heavy atom. The zero-order valence-corrected chi connectivity index (χ0v) is 13.7. The summed E-state index contributed by atoms with van der Waals surface area (Å²) >= 11 is 0. The Kier molecular flexibility index (Phi) is 5.94. The highest BCUT2D eigenvalue weighted by Gasteiger charge is 2.18. The first-order valence-corrected chi connectivity index (χ1v) is 8.67. The quantitative estimate of drug-likeness (QED) is 0.795. The van der Waals surface area contributed by atoms with Gasteiger partial charge in [-0.3, -0.25) is 0 Å². The Balaban J connectivity index is 2.11. The molecule has 0 aliphatic rings. The SMILES string of the molecule is C#CCO[C@H](CNS(=O)(=O)c1ccc(C)cc1)c1ccccc1. The molecule has 4 nitrogen and oxygen atoms in total. The highest BCUT2D eigenvalue weighted by molar-refractivity contribution is 7.89. The summed E-state index contributed by atoms with van der Waals surface area (Å²) in [5.41, 5.74) is 1.87. The number of hydrogen-bond donors (Lipinski definition) is 1. The minimum atomic E-state index is -3.59. The average Bonchev–Trinajstić information content (AvgIpc) is 2.56. The number of aryl methyl sites for hydroxylation is 1. The van der Waals surface area contributed by atoms with Gasteiger partial charge in [-0.1, -0.05) is 53.9 Å². The van der Waals surface area contributed by atoms with Crippen LogP contribution < -0.4 is 4.72 Å². The third kappa shape index (κ3) is 4.93. The summed E-state index contributed by atoms with van der Waals surface area (Å²) in [6.45, 7) is 2.14. The van der Waals surface area contributed by atoms with Crippen molar-refractivity contribution in [3.8, 4) is 12.3 Å². The number of rotatable bonds is 7. The molecule has 0 saturated carbocycles. The Labute approximate surface area is 137 Å². The Hall–Kier alpha value is -2.13. The third-order valence-electron chi connectivity index (χ3n) is 3.33. The van der Waals surface area contributed by atoms with Gasteiger partial charge in [-0.25, -0.2) is 13.1 Å². The van der Waals surface area contributed by atoms with Crippen LogP contribution >= 0.6 is 0 Å². The fourth-order valence-corrected chi connectivity index (χ4v) is 3.11. The molecule has 0 fully saturated rings. The summed E-state index contributed by atoms with van der Waals surface area (Å²) in [5.74, 6) is 2.40. The first-order chi connectivity index (χ1) is 11.0. The van der Waals surface area contributed by atoms with Crippen LogP contribution in [0.5, 0.6) is 0 Å². The molecule has 0 aliphatic heterocycles. The molecule has 2 aromatic carbocycles. The molecule has 0 saturated heterocycles. The molecule has 0 radical (unpaired) electrons. The van der Waals surface area contributed by atoms with Gasteiger partial charge in [0, 0.05) is 6.54 Å². The fourth-order valence-electron chi connectivity index (χ4n) is 2.08. The second-order valence-corrected chi connectivity index (χ2v) is 6.85. The van der Waals surface area contributed by atoms with Crippen LogP contribution in [0.4, 0.5) is 0 Å².